The van der Waals surface area contributed by atoms with Crippen LogP contribution in [-0.2, 0) is 0 Å². The van der Waals surface area contributed by atoms with Crippen molar-refractivity contribution >= 4 is 0 Å². The largest absolute Gasteiger partial charge is 0.330 e. The second-order valence-corrected chi connectivity index (χ2v) is 5.61. The van der Waals surface area contributed by atoms with E-state index in [9.17, 15) is 5.26 Å². The van der Waals surface area contributed by atoms with E-state index in [4.69, 9.17) is 5.73 Å². The molecule has 1 saturated heterocycles. The summed E-state index contributed by atoms with van der Waals surface area (Å²) in [5.74, 6) is 1.25. The quantitative estimate of drug-likeness (QED) is 0.899. The molecule has 0 aromatic heterocycles. The minimum Gasteiger partial charge on any atom is -0.330 e. The minimum absolute atomic E-state index is 0.0342. The molecule has 1 aromatic carbocycles. The SMILES string of the molecule is CC1CCN(CC(C#N)c2ccccc2)CC1CN. The van der Waals surface area contributed by atoms with Crippen molar-refractivity contribution < 1.29 is 0 Å². The number of hydrogen-bond donors (Lipinski definition) is 1. The Labute approximate surface area is 116 Å². The number of piperidine rings is 1. The molecule has 0 spiro atoms. The predicted octanol–water partition coefficient (Wildman–Crippen LogP) is 2.21. The third-order valence-electron chi connectivity index (χ3n) is 4.30. The van der Waals surface area contributed by atoms with Crippen LogP contribution >= 0.6 is 0 Å². The first-order chi connectivity index (χ1) is 9.24. The van der Waals surface area contributed by atoms with Crippen LogP contribution in [0, 0.1) is 23.2 Å². The van der Waals surface area contributed by atoms with E-state index in [1.807, 2.05) is 30.3 Å². The van der Waals surface area contributed by atoms with Crippen LogP contribution in [0.3, 0.4) is 0 Å². The maximum absolute atomic E-state index is 9.38. The number of benzene rings is 1. The van der Waals surface area contributed by atoms with Gasteiger partial charge in [-0.3, -0.25) is 0 Å². The van der Waals surface area contributed by atoms with E-state index in [0.29, 0.717) is 11.8 Å². The molecule has 3 nitrogen and oxygen atoms in total. The van der Waals surface area contributed by atoms with Gasteiger partial charge in [0.2, 0.25) is 0 Å². The zero-order chi connectivity index (χ0) is 13.7. The lowest BCUT2D eigenvalue weighted by Gasteiger charge is -2.37. The first-order valence-corrected chi connectivity index (χ1v) is 7.11. The molecule has 1 heterocycles. The molecule has 0 bridgehead atoms. The third-order valence-corrected chi connectivity index (χ3v) is 4.30. The molecule has 0 radical (unpaired) electrons. The summed E-state index contributed by atoms with van der Waals surface area (Å²) in [6, 6.07) is 12.5. The van der Waals surface area contributed by atoms with Crippen molar-refractivity contribution in [1.29, 1.82) is 5.26 Å². The zero-order valence-electron chi connectivity index (χ0n) is 11.6. The molecular weight excluding hydrogens is 234 g/mol. The highest BCUT2D eigenvalue weighted by Crippen LogP contribution is 2.24. The van der Waals surface area contributed by atoms with Gasteiger partial charge in [-0.2, -0.15) is 5.26 Å². The summed E-state index contributed by atoms with van der Waals surface area (Å²) in [5, 5.41) is 9.38. The number of nitriles is 1. The molecule has 0 saturated carbocycles. The maximum atomic E-state index is 9.38. The normalized spacial score (nSPS) is 25.7. The molecule has 0 amide bonds. The number of rotatable bonds is 4. The van der Waals surface area contributed by atoms with Gasteiger partial charge in [0.15, 0.2) is 0 Å². The van der Waals surface area contributed by atoms with Gasteiger partial charge in [0, 0.05) is 13.1 Å². The Bertz CT molecular complexity index is 423. The maximum Gasteiger partial charge on any atom is 0.0839 e. The highest BCUT2D eigenvalue weighted by atomic mass is 15.1. The Morgan fingerprint density at radius 1 is 1.42 bits per heavy atom. The van der Waals surface area contributed by atoms with E-state index in [1.54, 1.807) is 0 Å². The van der Waals surface area contributed by atoms with Crippen molar-refractivity contribution in [3.05, 3.63) is 35.9 Å². The van der Waals surface area contributed by atoms with E-state index < -0.39 is 0 Å². The van der Waals surface area contributed by atoms with E-state index in [0.717, 1.165) is 31.7 Å². The van der Waals surface area contributed by atoms with Crippen molar-refractivity contribution in [3.8, 4) is 6.07 Å². The molecule has 1 aromatic rings. The molecule has 19 heavy (non-hydrogen) atoms. The molecule has 2 N–H and O–H groups in total. The second-order valence-electron chi connectivity index (χ2n) is 5.61. The van der Waals surface area contributed by atoms with E-state index in [1.165, 1.54) is 6.42 Å². The van der Waals surface area contributed by atoms with Gasteiger partial charge in [-0.25, -0.2) is 0 Å². The van der Waals surface area contributed by atoms with Gasteiger partial charge in [0.05, 0.1) is 12.0 Å². The third kappa shape index (κ3) is 3.56. The van der Waals surface area contributed by atoms with Crippen molar-refractivity contribution in [3.63, 3.8) is 0 Å². The predicted molar refractivity (Wildman–Crippen MR) is 77.6 cm³/mol. The van der Waals surface area contributed by atoms with Gasteiger partial charge in [-0.05, 0) is 36.9 Å². The average Bonchev–Trinajstić information content (AvgIpc) is 2.47. The van der Waals surface area contributed by atoms with Gasteiger partial charge in [-0.15, -0.1) is 0 Å². The molecule has 3 atom stereocenters. The first-order valence-electron chi connectivity index (χ1n) is 7.11. The Balaban J connectivity index is 1.98. The second kappa shape index (κ2) is 6.70. The minimum atomic E-state index is -0.0342. The van der Waals surface area contributed by atoms with Gasteiger partial charge in [0.1, 0.15) is 0 Å². The molecular formula is C16H23N3. The fourth-order valence-corrected chi connectivity index (χ4v) is 2.86. The Morgan fingerprint density at radius 2 is 2.16 bits per heavy atom. The number of nitrogens with zero attached hydrogens (tertiary/aromatic N) is 2. The smallest absolute Gasteiger partial charge is 0.0839 e. The molecule has 3 heteroatoms. The van der Waals surface area contributed by atoms with Crippen LogP contribution in [0.15, 0.2) is 30.3 Å². The Morgan fingerprint density at radius 3 is 2.79 bits per heavy atom. The zero-order valence-corrected chi connectivity index (χ0v) is 11.6. The van der Waals surface area contributed by atoms with Crippen molar-refractivity contribution in [2.45, 2.75) is 19.3 Å². The lowest BCUT2D eigenvalue weighted by atomic mass is 9.86. The van der Waals surface area contributed by atoms with Crippen LogP contribution in [-0.4, -0.2) is 31.1 Å². The van der Waals surface area contributed by atoms with Crippen LogP contribution in [0.4, 0.5) is 0 Å². The highest BCUT2D eigenvalue weighted by Gasteiger charge is 2.26. The molecule has 102 valence electrons. The summed E-state index contributed by atoms with van der Waals surface area (Å²) >= 11 is 0. The summed E-state index contributed by atoms with van der Waals surface area (Å²) in [6.07, 6.45) is 1.19. The molecule has 0 aliphatic carbocycles. The Hall–Kier alpha value is -1.37. The summed E-state index contributed by atoms with van der Waals surface area (Å²) in [7, 11) is 0. The summed E-state index contributed by atoms with van der Waals surface area (Å²) in [4.78, 5) is 2.40. The highest BCUT2D eigenvalue weighted by molar-refractivity contribution is 5.25. The summed E-state index contributed by atoms with van der Waals surface area (Å²) < 4.78 is 0. The lowest BCUT2D eigenvalue weighted by molar-refractivity contribution is 0.130. The Kier molecular flexibility index (Phi) is 4.95. The number of hydrogen-bond acceptors (Lipinski definition) is 3. The van der Waals surface area contributed by atoms with Crippen molar-refractivity contribution in [2.75, 3.05) is 26.2 Å². The fraction of sp³-hybridized carbons (Fsp3) is 0.562. The van der Waals surface area contributed by atoms with Gasteiger partial charge < -0.3 is 10.6 Å². The van der Waals surface area contributed by atoms with Crippen LogP contribution in [0.2, 0.25) is 0 Å². The fourth-order valence-electron chi connectivity index (χ4n) is 2.86. The number of nitrogens with two attached hydrogens (primary N) is 1. The van der Waals surface area contributed by atoms with Crippen molar-refractivity contribution in [1.82, 2.24) is 4.90 Å². The first kappa shape index (κ1) is 14.0. The van der Waals surface area contributed by atoms with E-state index in [2.05, 4.69) is 17.9 Å². The lowest BCUT2D eigenvalue weighted by Crippen LogP contribution is -2.44. The monoisotopic (exact) mass is 257 g/mol. The van der Waals surface area contributed by atoms with Crippen LogP contribution in [0.25, 0.3) is 0 Å². The van der Waals surface area contributed by atoms with Gasteiger partial charge in [-0.1, -0.05) is 37.3 Å². The average molecular weight is 257 g/mol. The molecule has 3 unspecified atom stereocenters. The van der Waals surface area contributed by atoms with Crippen LogP contribution < -0.4 is 5.73 Å². The summed E-state index contributed by atoms with van der Waals surface area (Å²) in [6.45, 7) is 5.98. The summed E-state index contributed by atoms with van der Waals surface area (Å²) in [5.41, 5.74) is 6.96. The van der Waals surface area contributed by atoms with Gasteiger partial charge in [0.25, 0.3) is 0 Å². The molecule has 1 aliphatic rings. The number of likely N-dealkylation sites (tertiary alicyclic amines) is 1. The topological polar surface area (TPSA) is 53.0 Å². The van der Waals surface area contributed by atoms with Crippen molar-refractivity contribution in [2.24, 2.45) is 17.6 Å². The van der Waals surface area contributed by atoms with E-state index in [-0.39, 0.29) is 5.92 Å². The standard InChI is InChI=1S/C16H23N3/c1-13-7-8-19(11-15(13)9-17)12-16(10-18)14-5-3-2-4-6-14/h2-6,13,15-16H,7-9,11-12,17H2,1H3. The van der Waals surface area contributed by atoms with Crippen LogP contribution in [0.5, 0.6) is 0 Å². The molecule has 1 aliphatic heterocycles. The molecule has 1 fully saturated rings. The van der Waals surface area contributed by atoms with Gasteiger partial charge >= 0.3 is 0 Å². The molecule has 2 rings (SSSR count). The van der Waals surface area contributed by atoms with E-state index >= 15 is 0 Å². The van der Waals surface area contributed by atoms with Crippen LogP contribution in [0.1, 0.15) is 24.8 Å².